The van der Waals surface area contributed by atoms with Crippen LogP contribution in [-0.2, 0) is 4.79 Å². The molecule has 0 spiro atoms. The number of carboxylic acids is 1. The Bertz CT molecular complexity index is 617. The van der Waals surface area contributed by atoms with Crippen molar-refractivity contribution < 1.29 is 14.3 Å². The fourth-order valence-corrected chi connectivity index (χ4v) is 2.69. The van der Waals surface area contributed by atoms with E-state index in [1.165, 1.54) is 17.4 Å². The summed E-state index contributed by atoms with van der Waals surface area (Å²) in [5, 5.41) is 11.0. The molecule has 3 N–H and O–H groups in total. The van der Waals surface area contributed by atoms with Crippen LogP contribution in [0.2, 0.25) is 0 Å². The molecule has 1 aromatic carbocycles. The largest absolute Gasteiger partial charge is 0.480 e. The fraction of sp³-hybridized carbons (Fsp3) is 0.231. The first-order chi connectivity index (χ1) is 9.54. The van der Waals surface area contributed by atoms with Crippen molar-refractivity contribution in [3.63, 3.8) is 0 Å². The SMILES string of the molecule is CCN(c1nc(C(N)C(=O)O)cs1)c1ccccc1F. The molecule has 0 aliphatic rings. The molecular weight excluding hydrogens is 281 g/mol. The zero-order chi connectivity index (χ0) is 14.7. The van der Waals surface area contributed by atoms with Crippen LogP contribution in [-0.4, -0.2) is 22.6 Å². The van der Waals surface area contributed by atoms with Crippen LogP contribution in [0.3, 0.4) is 0 Å². The van der Waals surface area contributed by atoms with E-state index in [0.717, 1.165) is 0 Å². The van der Waals surface area contributed by atoms with Gasteiger partial charge in [-0.1, -0.05) is 12.1 Å². The highest BCUT2D eigenvalue weighted by molar-refractivity contribution is 7.13. The number of benzene rings is 1. The molecule has 1 heterocycles. The summed E-state index contributed by atoms with van der Waals surface area (Å²) in [6.07, 6.45) is 0. The van der Waals surface area contributed by atoms with E-state index in [-0.39, 0.29) is 11.5 Å². The Morgan fingerprint density at radius 1 is 1.55 bits per heavy atom. The van der Waals surface area contributed by atoms with E-state index >= 15 is 0 Å². The van der Waals surface area contributed by atoms with Crippen LogP contribution in [0.25, 0.3) is 0 Å². The maximum absolute atomic E-state index is 13.8. The van der Waals surface area contributed by atoms with Gasteiger partial charge < -0.3 is 15.7 Å². The van der Waals surface area contributed by atoms with Crippen LogP contribution in [0, 0.1) is 5.82 Å². The summed E-state index contributed by atoms with van der Waals surface area (Å²) >= 11 is 1.24. The first-order valence-electron chi connectivity index (χ1n) is 6.00. The Kier molecular flexibility index (Phi) is 4.31. The second-order valence-electron chi connectivity index (χ2n) is 4.07. The second kappa shape index (κ2) is 5.98. The molecular formula is C13H14FN3O2S. The van der Waals surface area contributed by atoms with E-state index in [9.17, 15) is 9.18 Å². The quantitative estimate of drug-likeness (QED) is 0.886. The first kappa shape index (κ1) is 14.4. The molecule has 0 aliphatic heterocycles. The lowest BCUT2D eigenvalue weighted by molar-refractivity contribution is -0.138. The van der Waals surface area contributed by atoms with Crippen molar-refractivity contribution in [2.24, 2.45) is 5.73 Å². The number of anilines is 2. The lowest BCUT2D eigenvalue weighted by Crippen LogP contribution is -2.22. The van der Waals surface area contributed by atoms with Gasteiger partial charge in [0.2, 0.25) is 0 Å². The molecule has 0 aliphatic carbocycles. The third-order valence-corrected chi connectivity index (χ3v) is 3.67. The number of hydrogen-bond acceptors (Lipinski definition) is 5. The molecule has 7 heteroatoms. The van der Waals surface area contributed by atoms with Crippen molar-refractivity contribution in [1.82, 2.24) is 4.98 Å². The van der Waals surface area contributed by atoms with E-state index in [0.29, 0.717) is 17.4 Å². The van der Waals surface area contributed by atoms with E-state index < -0.39 is 12.0 Å². The lowest BCUT2D eigenvalue weighted by atomic mass is 10.2. The number of aliphatic carboxylic acids is 1. The van der Waals surface area contributed by atoms with Crippen LogP contribution >= 0.6 is 11.3 Å². The molecule has 0 radical (unpaired) electrons. The Morgan fingerprint density at radius 3 is 2.85 bits per heavy atom. The van der Waals surface area contributed by atoms with Gasteiger partial charge >= 0.3 is 5.97 Å². The van der Waals surface area contributed by atoms with Crippen LogP contribution in [0.4, 0.5) is 15.2 Å². The zero-order valence-corrected chi connectivity index (χ0v) is 11.6. The minimum Gasteiger partial charge on any atom is -0.480 e. The molecule has 1 unspecified atom stereocenters. The monoisotopic (exact) mass is 295 g/mol. The van der Waals surface area contributed by atoms with E-state index in [1.54, 1.807) is 28.5 Å². The van der Waals surface area contributed by atoms with Gasteiger partial charge in [-0.3, -0.25) is 4.79 Å². The zero-order valence-electron chi connectivity index (χ0n) is 10.8. The summed E-state index contributed by atoms with van der Waals surface area (Å²) in [5.41, 5.74) is 6.19. The summed E-state index contributed by atoms with van der Waals surface area (Å²) < 4.78 is 13.8. The normalized spacial score (nSPS) is 12.2. The average molecular weight is 295 g/mol. The van der Waals surface area contributed by atoms with Gasteiger partial charge in [0.05, 0.1) is 11.4 Å². The summed E-state index contributed by atoms with van der Waals surface area (Å²) in [5.74, 6) is -1.50. The summed E-state index contributed by atoms with van der Waals surface area (Å²) in [7, 11) is 0. The van der Waals surface area contributed by atoms with Crippen molar-refractivity contribution in [2.75, 3.05) is 11.4 Å². The number of aromatic nitrogens is 1. The van der Waals surface area contributed by atoms with Gasteiger partial charge in [0.25, 0.3) is 0 Å². The number of nitrogens with two attached hydrogens (primary N) is 1. The molecule has 0 bridgehead atoms. The third kappa shape index (κ3) is 2.78. The standard InChI is InChI=1S/C13H14FN3O2S/c1-2-17(10-6-4-3-5-8(10)14)13-16-9(7-20-13)11(15)12(18)19/h3-7,11H,2,15H2,1H3,(H,18,19). The molecule has 1 atom stereocenters. The number of hydrogen-bond donors (Lipinski definition) is 2. The average Bonchev–Trinajstić information content (AvgIpc) is 2.90. The van der Waals surface area contributed by atoms with E-state index in [2.05, 4.69) is 4.98 Å². The Morgan fingerprint density at radius 2 is 2.25 bits per heavy atom. The van der Waals surface area contributed by atoms with Gasteiger partial charge in [0, 0.05) is 11.9 Å². The lowest BCUT2D eigenvalue weighted by Gasteiger charge is -2.20. The minimum absolute atomic E-state index is 0.271. The number of halogens is 1. The van der Waals surface area contributed by atoms with Crippen molar-refractivity contribution in [3.8, 4) is 0 Å². The third-order valence-electron chi connectivity index (χ3n) is 2.78. The predicted octanol–water partition coefficient (Wildman–Crippen LogP) is 2.52. The molecule has 1 aromatic heterocycles. The van der Waals surface area contributed by atoms with E-state index in [1.807, 2.05) is 6.92 Å². The van der Waals surface area contributed by atoms with Crippen LogP contribution in [0.5, 0.6) is 0 Å². The van der Waals surface area contributed by atoms with Gasteiger partial charge in [-0.2, -0.15) is 0 Å². The minimum atomic E-state index is -1.17. The summed E-state index contributed by atoms with van der Waals surface area (Å²) in [4.78, 5) is 16.7. The van der Waals surface area contributed by atoms with E-state index in [4.69, 9.17) is 10.8 Å². The van der Waals surface area contributed by atoms with Gasteiger partial charge in [-0.25, -0.2) is 9.37 Å². The molecule has 0 saturated heterocycles. The van der Waals surface area contributed by atoms with Gasteiger partial charge in [0.15, 0.2) is 5.13 Å². The highest BCUT2D eigenvalue weighted by Gasteiger charge is 2.20. The Labute approximate surface area is 119 Å². The molecule has 20 heavy (non-hydrogen) atoms. The number of rotatable bonds is 5. The number of carbonyl (C=O) groups is 1. The molecule has 0 amide bonds. The molecule has 106 valence electrons. The van der Waals surface area contributed by atoms with Crippen molar-refractivity contribution in [1.29, 1.82) is 0 Å². The topological polar surface area (TPSA) is 79.5 Å². The van der Waals surface area contributed by atoms with Gasteiger partial charge in [-0.05, 0) is 19.1 Å². The van der Waals surface area contributed by atoms with Crippen LogP contribution in [0.15, 0.2) is 29.6 Å². The highest BCUT2D eigenvalue weighted by atomic mass is 32.1. The fourth-order valence-electron chi connectivity index (χ4n) is 1.75. The van der Waals surface area contributed by atoms with Gasteiger partial charge in [0.1, 0.15) is 11.9 Å². The van der Waals surface area contributed by atoms with Crippen molar-refractivity contribution in [2.45, 2.75) is 13.0 Å². The molecule has 0 fully saturated rings. The maximum atomic E-state index is 13.8. The molecule has 0 saturated carbocycles. The van der Waals surface area contributed by atoms with Gasteiger partial charge in [-0.15, -0.1) is 11.3 Å². The highest BCUT2D eigenvalue weighted by Crippen LogP contribution is 2.31. The number of nitrogens with zero attached hydrogens (tertiary/aromatic N) is 2. The number of carboxylic acid groups (broad SMARTS) is 1. The molecule has 5 nitrogen and oxygen atoms in total. The predicted molar refractivity (Wildman–Crippen MR) is 75.8 cm³/mol. The van der Waals surface area contributed by atoms with Crippen LogP contribution < -0.4 is 10.6 Å². The first-order valence-corrected chi connectivity index (χ1v) is 6.88. The van der Waals surface area contributed by atoms with Crippen molar-refractivity contribution >= 4 is 28.1 Å². The molecule has 2 aromatic rings. The Hall–Kier alpha value is -1.99. The number of para-hydroxylation sites is 1. The molecule has 2 rings (SSSR count). The van der Waals surface area contributed by atoms with Crippen molar-refractivity contribution in [3.05, 3.63) is 41.2 Å². The summed E-state index contributed by atoms with van der Waals surface area (Å²) in [6, 6.07) is 5.20. The maximum Gasteiger partial charge on any atom is 0.326 e. The second-order valence-corrected chi connectivity index (χ2v) is 4.90. The Balaban J connectivity index is 2.34. The summed E-state index contributed by atoms with van der Waals surface area (Å²) in [6.45, 7) is 2.38. The van der Waals surface area contributed by atoms with Crippen LogP contribution in [0.1, 0.15) is 18.7 Å². The number of thiazole rings is 1. The smallest absolute Gasteiger partial charge is 0.326 e.